The van der Waals surface area contributed by atoms with E-state index in [1.54, 1.807) is 30.5 Å². The van der Waals surface area contributed by atoms with Crippen LogP contribution in [0.3, 0.4) is 0 Å². The van der Waals surface area contributed by atoms with E-state index in [1.165, 1.54) is 13.2 Å². The molecule has 3 N–H and O–H groups in total. The highest BCUT2D eigenvalue weighted by Gasteiger charge is 2.43. The monoisotopic (exact) mass is 508 g/mol. The van der Waals surface area contributed by atoms with E-state index in [4.69, 9.17) is 4.74 Å². The van der Waals surface area contributed by atoms with Crippen LogP contribution in [0.2, 0.25) is 0 Å². The van der Waals surface area contributed by atoms with Crippen LogP contribution in [0.5, 0.6) is 5.88 Å². The maximum Gasteiger partial charge on any atom is 0.323 e. The van der Waals surface area contributed by atoms with Crippen molar-refractivity contribution in [2.45, 2.75) is 55.7 Å². The zero-order valence-electron chi connectivity index (χ0n) is 20.9. The topological polar surface area (TPSA) is 108 Å². The first-order valence-corrected chi connectivity index (χ1v) is 12.8. The second kappa shape index (κ2) is 10.7. The minimum Gasteiger partial charge on any atom is -0.481 e. The number of methoxy groups -OCH3 is 1. The molecule has 1 aliphatic carbocycles. The maximum atomic E-state index is 14.2. The fraction of sp³-hybridized carbons (Fsp3) is 0.464. The number of halogens is 1. The lowest BCUT2D eigenvalue weighted by Gasteiger charge is -2.43. The Bertz CT molecular complexity index is 1270. The quantitative estimate of drug-likeness (QED) is 0.423. The van der Waals surface area contributed by atoms with E-state index in [-0.39, 0.29) is 18.3 Å². The van der Waals surface area contributed by atoms with Gasteiger partial charge in [0.05, 0.1) is 24.2 Å². The average Bonchev–Trinajstić information content (AvgIpc) is 3.10. The Hall–Kier alpha value is -3.14. The highest BCUT2D eigenvalue weighted by molar-refractivity contribution is 5.79. The van der Waals surface area contributed by atoms with Crippen molar-refractivity contribution in [1.82, 2.24) is 20.2 Å². The van der Waals surface area contributed by atoms with E-state index in [0.29, 0.717) is 47.9 Å². The number of carboxylic acid groups (broad SMARTS) is 1. The molecule has 1 unspecified atom stereocenters. The van der Waals surface area contributed by atoms with E-state index in [1.807, 2.05) is 12.1 Å². The number of hydrogen-bond donors (Lipinski definition) is 3. The molecule has 0 radical (unpaired) electrons. The van der Waals surface area contributed by atoms with Gasteiger partial charge in [0.1, 0.15) is 11.4 Å². The first-order chi connectivity index (χ1) is 17.9. The summed E-state index contributed by atoms with van der Waals surface area (Å²) in [4.78, 5) is 23.6. The number of carboxylic acids is 1. The zero-order chi connectivity index (χ0) is 26.0. The van der Waals surface area contributed by atoms with Gasteiger partial charge in [0.15, 0.2) is 0 Å². The van der Waals surface area contributed by atoms with Crippen LogP contribution in [0.1, 0.15) is 55.3 Å². The predicted octanol–water partition coefficient (Wildman–Crippen LogP) is 3.66. The fourth-order valence-corrected chi connectivity index (χ4v) is 5.74. The van der Waals surface area contributed by atoms with Crippen LogP contribution in [0, 0.1) is 5.82 Å². The largest absolute Gasteiger partial charge is 0.481 e. The molecule has 196 valence electrons. The Kier molecular flexibility index (Phi) is 7.37. The number of benzene rings is 1. The van der Waals surface area contributed by atoms with Crippen LogP contribution in [-0.2, 0) is 4.79 Å². The second-order valence-corrected chi connectivity index (χ2v) is 10.1. The molecule has 0 bridgehead atoms. The number of carbonyl (C=O) groups is 1. The van der Waals surface area contributed by atoms with Crippen LogP contribution in [-0.4, -0.2) is 69.4 Å². The molecule has 0 spiro atoms. The van der Waals surface area contributed by atoms with Crippen LogP contribution >= 0.6 is 0 Å². The molecular formula is C28H33FN4O4. The number of aromatic nitrogens is 2. The number of pyridine rings is 2. The van der Waals surface area contributed by atoms with Gasteiger partial charge in [0.2, 0.25) is 5.88 Å². The maximum absolute atomic E-state index is 14.2. The van der Waals surface area contributed by atoms with Crippen molar-refractivity contribution in [3.05, 3.63) is 65.6 Å². The van der Waals surface area contributed by atoms with Gasteiger partial charge in [-0.3, -0.25) is 15.1 Å². The summed E-state index contributed by atoms with van der Waals surface area (Å²) in [6.07, 6.45) is 4.05. The fourth-order valence-electron chi connectivity index (χ4n) is 5.74. The number of ether oxygens (including phenoxy) is 1. The SMILES string of the molecule is COc1ccc2nccc([C@H](O)CNC3(C(=O)O)CCCN(C4CC(c5ccccc5F)C4)CC3)c2n1. The molecule has 1 saturated carbocycles. The van der Waals surface area contributed by atoms with Crippen LogP contribution in [0.4, 0.5) is 4.39 Å². The molecule has 2 aliphatic rings. The summed E-state index contributed by atoms with van der Waals surface area (Å²) in [6.45, 7) is 1.52. The van der Waals surface area contributed by atoms with Crippen molar-refractivity contribution >= 4 is 17.0 Å². The molecule has 8 nitrogen and oxygen atoms in total. The molecular weight excluding hydrogens is 475 g/mol. The van der Waals surface area contributed by atoms with Crippen molar-refractivity contribution in [3.8, 4) is 5.88 Å². The number of nitrogens with one attached hydrogen (secondary N) is 1. The van der Waals surface area contributed by atoms with Crippen LogP contribution < -0.4 is 10.1 Å². The third-order valence-electron chi connectivity index (χ3n) is 8.05. The van der Waals surface area contributed by atoms with Gasteiger partial charge in [-0.2, -0.15) is 0 Å². The molecule has 2 aromatic heterocycles. The lowest BCUT2D eigenvalue weighted by Crippen LogP contribution is -2.54. The minimum absolute atomic E-state index is 0.0725. The Morgan fingerprint density at radius 1 is 1.22 bits per heavy atom. The summed E-state index contributed by atoms with van der Waals surface area (Å²) < 4.78 is 19.4. The number of hydrogen-bond acceptors (Lipinski definition) is 7. The summed E-state index contributed by atoms with van der Waals surface area (Å²) in [5.74, 6) is -0.417. The molecule has 1 aliphatic heterocycles. The number of aliphatic hydroxyl groups excluding tert-OH is 1. The van der Waals surface area contributed by atoms with Crippen LogP contribution in [0.15, 0.2) is 48.7 Å². The molecule has 1 saturated heterocycles. The van der Waals surface area contributed by atoms with E-state index in [9.17, 15) is 19.4 Å². The van der Waals surface area contributed by atoms with Gasteiger partial charge in [-0.25, -0.2) is 9.37 Å². The highest BCUT2D eigenvalue weighted by atomic mass is 19.1. The van der Waals surface area contributed by atoms with Crippen molar-refractivity contribution < 1.29 is 24.1 Å². The van der Waals surface area contributed by atoms with Gasteiger partial charge < -0.3 is 19.8 Å². The van der Waals surface area contributed by atoms with E-state index >= 15 is 0 Å². The summed E-state index contributed by atoms with van der Waals surface area (Å²) in [7, 11) is 1.53. The summed E-state index contributed by atoms with van der Waals surface area (Å²) >= 11 is 0. The first kappa shape index (κ1) is 25.5. The molecule has 5 rings (SSSR count). The highest BCUT2D eigenvalue weighted by Crippen LogP contribution is 2.42. The van der Waals surface area contributed by atoms with Gasteiger partial charge in [0, 0.05) is 37.0 Å². The van der Waals surface area contributed by atoms with E-state index in [2.05, 4.69) is 20.2 Å². The van der Waals surface area contributed by atoms with Gasteiger partial charge in [-0.1, -0.05) is 18.2 Å². The number of rotatable bonds is 8. The normalized spacial score (nSPS) is 25.3. The van der Waals surface area contributed by atoms with Crippen molar-refractivity contribution in [2.24, 2.45) is 0 Å². The van der Waals surface area contributed by atoms with Gasteiger partial charge in [0.25, 0.3) is 0 Å². The minimum atomic E-state index is -1.13. The van der Waals surface area contributed by atoms with Gasteiger partial charge in [-0.15, -0.1) is 0 Å². The smallest absolute Gasteiger partial charge is 0.323 e. The number of fused-ring (bicyclic) bond motifs is 1. The first-order valence-electron chi connectivity index (χ1n) is 12.8. The number of nitrogens with zero attached hydrogens (tertiary/aromatic N) is 3. The molecule has 37 heavy (non-hydrogen) atoms. The van der Waals surface area contributed by atoms with E-state index < -0.39 is 17.6 Å². The Morgan fingerprint density at radius 3 is 2.78 bits per heavy atom. The number of aliphatic carboxylic acids is 1. The van der Waals surface area contributed by atoms with Crippen molar-refractivity contribution in [2.75, 3.05) is 26.7 Å². The Labute approximate surface area is 215 Å². The van der Waals surface area contributed by atoms with Gasteiger partial charge >= 0.3 is 5.97 Å². The molecule has 2 atom stereocenters. The number of likely N-dealkylation sites (tertiary alicyclic amines) is 1. The Balaban J connectivity index is 1.23. The lowest BCUT2D eigenvalue weighted by molar-refractivity contribution is -0.145. The zero-order valence-corrected chi connectivity index (χ0v) is 20.9. The third-order valence-corrected chi connectivity index (χ3v) is 8.05. The van der Waals surface area contributed by atoms with Crippen LogP contribution in [0.25, 0.3) is 11.0 Å². The average molecular weight is 509 g/mol. The molecule has 3 aromatic rings. The molecule has 0 amide bonds. The molecule has 9 heteroatoms. The van der Waals surface area contributed by atoms with E-state index in [0.717, 1.165) is 31.4 Å². The van der Waals surface area contributed by atoms with Gasteiger partial charge in [-0.05, 0) is 68.3 Å². The Morgan fingerprint density at radius 2 is 2.03 bits per heavy atom. The summed E-state index contributed by atoms with van der Waals surface area (Å²) in [6, 6.07) is 12.5. The molecule has 2 fully saturated rings. The standard InChI is InChI=1S/C28H33FN4O4/c1-37-25-8-7-23-26(32-25)21(9-12-30-23)24(34)17-31-28(27(35)36)10-4-13-33(14-11-28)19-15-18(16-19)20-5-2-3-6-22(20)29/h2-3,5-9,12,18-19,24,31,34H,4,10-11,13-17H2,1H3,(H,35,36)/t18?,19?,24-,28?/m1/s1. The molecule has 1 aromatic carbocycles. The predicted molar refractivity (Wildman–Crippen MR) is 137 cm³/mol. The van der Waals surface area contributed by atoms with Crippen molar-refractivity contribution in [1.29, 1.82) is 0 Å². The summed E-state index contributed by atoms with van der Waals surface area (Å²) in [5.41, 5.74) is 1.38. The molecule has 3 heterocycles. The summed E-state index contributed by atoms with van der Waals surface area (Å²) in [5, 5.41) is 24.4. The lowest BCUT2D eigenvalue weighted by atomic mass is 9.75. The second-order valence-electron chi connectivity index (χ2n) is 10.1. The number of aliphatic hydroxyl groups is 1. The van der Waals surface area contributed by atoms with Crippen molar-refractivity contribution in [3.63, 3.8) is 0 Å². The number of β-amino-alcohol motifs (C(OH)–C–C–N with tert-alkyl or cyclic N) is 1. The third kappa shape index (κ3) is 5.16.